The molecule has 0 fully saturated rings. The molecule has 0 aliphatic heterocycles. The molecule has 2 heteroatoms. The lowest BCUT2D eigenvalue weighted by atomic mass is 9.95. The number of aryl methyl sites for hydroxylation is 4. The van der Waals surface area contributed by atoms with Crippen LogP contribution in [0, 0.1) is 0 Å². The summed E-state index contributed by atoms with van der Waals surface area (Å²) >= 11 is 0. The largest absolute Gasteiger partial charge is 0.399 e. The first kappa shape index (κ1) is 23.6. The monoisotopic (exact) mass is 448 g/mol. The lowest BCUT2D eigenvalue weighted by Gasteiger charge is -2.11. The molecule has 0 atom stereocenters. The molecule has 0 spiro atoms. The minimum atomic E-state index is 0.847. The average molecular weight is 449 g/mol. The highest BCUT2D eigenvalue weighted by Crippen LogP contribution is 2.21. The number of anilines is 2. The molecule has 0 bridgehead atoms. The fraction of sp³-hybridized carbons (Fsp3) is 0.250. The van der Waals surface area contributed by atoms with Gasteiger partial charge in [-0.05, 0) is 107 Å². The number of hydrogen-bond donors (Lipinski definition) is 2. The van der Waals surface area contributed by atoms with Gasteiger partial charge in [-0.25, -0.2) is 0 Å². The van der Waals surface area contributed by atoms with Gasteiger partial charge in [0, 0.05) is 11.4 Å². The van der Waals surface area contributed by atoms with Gasteiger partial charge in [0.25, 0.3) is 0 Å². The fourth-order valence-electron chi connectivity index (χ4n) is 4.67. The summed E-state index contributed by atoms with van der Waals surface area (Å²) in [6.07, 6.45) is 6.05. The van der Waals surface area contributed by atoms with E-state index in [0.717, 1.165) is 49.9 Å². The quantitative estimate of drug-likeness (QED) is 0.272. The van der Waals surface area contributed by atoms with Gasteiger partial charge in [-0.15, -0.1) is 0 Å². The summed E-state index contributed by atoms with van der Waals surface area (Å²) in [7, 11) is 0. The van der Waals surface area contributed by atoms with Crippen molar-refractivity contribution in [2.24, 2.45) is 0 Å². The van der Waals surface area contributed by atoms with E-state index in [9.17, 15) is 0 Å². The van der Waals surface area contributed by atoms with Crippen LogP contribution in [0.1, 0.15) is 58.4 Å². The van der Waals surface area contributed by atoms with Crippen LogP contribution in [0.15, 0.2) is 84.9 Å². The van der Waals surface area contributed by atoms with Crippen molar-refractivity contribution in [3.05, 3.63) is 129 Å². The summed E-state index contributed by atoms with van der Waals surface area (Å²) in [5, 5.41) is 0. The first-order valence-electron chi connectivity index (χ1n) is 12.4. The molecule has 4 aromatic rings. The summed E-state index contributed by atoms with van der Waals surface area (Å²) in [5.74, 6) is 0. The minimum Gasteiger partial charge on any atom is -0.399 e. The summed E-state index contributed by atoms with van der Waals surface area (Å²) in [6.45, 7) is 4.38. The standard InChI is InChI=1S/C32H36N2/c1-3-27-21-31(33)17-15-29(27)19-25-11-7-23(8-12-25)5-6-24-9-13-26(14-10-24)20-30-16-18-32(34)22-28(30)4-2/h7-18,21-22H,3-6,19-20,33-34H2,1-2H3. The predicted molar refractivity (Wildman–Crippen MR) is 146 cm³/mol. The lowest BCUT2D eigenvalue weighted by molar-refractivity contribution is 0.954. The zero-order valence-electron chi connectivity index (χ0n) is 20.5. The Labute approximate surface area is 204 Å². The molecular weight excluding hydrogens is 412 g/mol. The van der Waals surface area contributed by atoms with Crippen molar-refractivity contribution in [1.29, 1.82) is 0 Å². The van der Waals surface area contributed by atoms with E-state index in [1.807, 2.05) is 12.1 Å². The first-order chi connectivity index (χ1) is 16.5. The smallest absolute Gasteiger partial charge is 0.0316 e. The molecule has 4 N–H and O–H groups in total. The molecule has 4 aromatic carbocycles. The van der Waals surface area contributed by atoms with E-state index < -0.39 is 0 Å². The SMILES string of the molecule is CCc1cc(N)ccc1Cc1ccc(CCc2ccc(Cc3ccc(N)cc3CC)cc2)cc1. The third-order valence-electron chi connectivity index (χ3n) is 6.76. The maximum atomic E-state index is 5.95. The maximum absolute atomic E-state index is 5.95. The van der Waals surface area contributed by atoms with E-state index in [2.05, 4.69) is 86.6 Å². The van der Waals surface area contributed by atoms with Gasteiger partial charge in [0.05, 0.1) is 0 Å². The maximum Gasteiger partial charge on any atom is 0.0316 e. The molecule has 34 heavy (non-hydrogen) atoms. The van der Waals surface area contributed by atoms with Crippen molar-refractivity contribution in [2.45, 2.75) is 52.4 Å². The number of benzene rings is 4. The molecular formula is C32H36N2. The predicted octanol–water partition coefficient (Wildman–Crippen LogP) is 6.94. The Morgan fingerprint density at radius 1 is 0.441 bits per heavy atom. The van der Waals surface area contributed by atoms with Crippen LogP contribution in [0.3, 0.4) is 0 Å². The van der Waals surface area contributed by atoms with Gasteiger partial charge in [-0.2, -0.15) is 0 Å². The first-order valence-corrected chi connectivity index (χ1v) is 12.4. The highest BCUT2D eigenvalue weighted by atomic mass is 14.5. The minimum absolute atomic E-state index is 0.847. The van der Waals surface area contributed by atoms with E-state index >= 15 is 0 Å². The molecule has 0 saturated heterocycles. The van der Waals surface area contributed by atoms with Crippen LogP contribution in [0.5, 0.6) is 0 Å². The zero-order chi connectivity index (χ0) is 23.9. The Morgan fingerprint density at radius 2 is 0.794 bits per heavy atom. The molecule has 0 radical (unpaired) electrons. The zero-order valence-corrected chi connectivity index (χ0v) is 20.5. The molecule has 0 heterocycles. The second-order valence-electron chi connectivity index (χ2n) is 9.25. The number of nitrogen functional groups attached to an aromatic ring is 2. The Balaban J connectivity index is 1.33. The van der Waals surface area contributed by atoms with E-state index in [-0.39, 0.29) is 0 Å². The van der Waals surface area contributed by atoms with E-state index in [1.165, 1.54) is 44.5 Å². The highest BCUT2D eigenvalue weighted by molar-refractivity contribution is 5.47. The third kappa shape index (κ3) is 6.08. The number of hydrogen-bond acceptors (Lipinski definition) is 2. The van der Waals surface area contributed by atoms with Gasteiger partial charge in [-0.1, -0.05) is 74.5 Å². The molecule has 0 saturated carbocycles. The molecule has 0 aromatic heterocycles. The van der Waals surface area contributed by atoms with Crippen LogP contribution >= 0.6 is 0 Å². The lowest BCUT2D eigenvalue weighted by Crippen LogP contribution is -1.98. The molecule has 2 nitrogen and oxygen atoms in total. The molecule has 0 unspecified atom stereocenters. The van der Waals surface area contributed by atoms with E-state index in [0.29, 0.717) is 0 Å². The Morgan fingerprint density at radius 3 is 1.15 bits per heavy atom. The normalized spacial score (nSPS) is 11.0. The average Bonchev–Trinajstić information content (AvgIpc) is 2.86. The number of rotatable bonds is 9. The van der Waals surface area contributed by atoms with Gasteiger partial charge in [0.2, 0.25) is 0 Å². The van der Waals surface area contributed by atoms with Gasteiger partial charge in [0.15, 0.2) is 0 Å². The molecule has 4 rings (SSSR count). The summed E-state index contributed by atoms with van der Waals surface area (Å²) in [6, 6.07) is 30.8. The van der Waals surface area contributed by atoms with Gasteiger partial charge >= 0.3 is 0 Å². The van der Waals surface area contributed by atoms with Crippen molar-refractivity contribution in [2.75, 3.05) is 11.5 Å². The summed E-state index contributed by atoms with van der Waals surface area (Å²) in [4.78, 5) is 0. The molecule has 0 aliphatic carbocycles. The van der Waals surface area contributed by atoms with Crippen molar-refractivity contribution in [3.8, 4) is 0 Å². The highest BCUT2D eigenvalue weighted by Gasteiger charge is 2.06. The van der Waals surface area contributed by atoms with E-state index in [4.69, 9.17) is 11.5 Å². The second kappa shape index (κ2) is 11.1. The topological polar surface area (TPSA) is 52.0 Å². The van der Waals surface area contributed by atoms with Crippen molar-refractivity contribution in [3.63, 3.8) is 0 Å². The van der Waals surface area contributed by atoms with Crippen LogP contribution in [-0.2, 0) is 38.5 Å². The second-order valence-corrected chi connectivity index (χ2v) is 9.25. The van der Waals surface area contributed by atoms with Crippen LogP contribution in [-0.4, -0.2) is 0 Å². The molecule has 174 valence electrons. The molecule has 0 amide bonds. The molecule has 0 aliphatic rings. The fourth-order valence-corrected chi connectivity index (χ4v) is 4.67. The Kier molecular flexibility index (Phi) is 7.69. The summed E-state index contributed by atoms with van der Waals surface area (Å²) in [5.41, 5.74) is 24.5. The van der Waals surface area contributed by atoms with Crippen molar-refractivity contribution in [1.82, 2.24) is 0 Å². The van der Waals surface area contributed by atoms with Crippen LogP contribution < -0.4 is 11.5 Å². The van der Waals surface area contributed by atoms with Gasteiger partial charge in [0.1, 0.15) is 0 Å². The van der Waals surface area contributed by atoms with E-state index in [1.54, 1.807) is 0 Å². The van der Waals surface area contributed by atoms with Crippen LogP contribution in [0.2, 0.25) is 0 Å². The van der Waals surface area contributed by atoms with Crippen molar-refractivity contribution >= 4 is 11.4 Å². The Bertz CT molecular complexity index is 1120. The van der Waals surface area contributed by atoms with Gasteiger partial charge < -0.3 is 11.5 Å². The van der Waals surface area contributed by atoms with Crippen LogP contribution in [0.25, 0.3) is 0 Å². The third-order valence-corrected chi connectivity index (χ3v) is 6.76. The van der Waals surface area contributed by atoms with Crippen molar-refractivity contribution < 1.29 is 0 Å². The van der Waals surface area contributed by atoms with Gasteiger partial charge in [-0.3, -0.25) is 0 Å². The summed E-state index contributed by atoms with van der Waals surface area (Å²) < 4.78 is 0. The Hall–Kier alpha value is -3.52. The van der Waals surface area contributed by atoms with Crippen LogP contribution in [0.4, 0.5) is 11.4 Å². The number of nitrogens with two attached hydrogens (primary N) is 2.